The van der Waals surface area contributed by atoms with E-state index in [1.807, 2.05) is 6.92 Å². The quantitative estimate of drug-likeness (QED) is 0.627. The van der Waals surface area contributed by atoms with Crippen molar-refractivity contribution in [3.05, 3.63) is 42.0 Å². The van der Waals surface area contributed by atoms with E-state index >= 15 is 0 Å². The van der Waals surface area contributed by atoms with Crippen molar-refractivity contribution in [1.82, 2.24) is 19.8 Å². The molecule has 1 aromatic heterocycles. The van der Waals surface area contributed by atoms with E-state index in [0.717, 1.165) is 25.0 Å². The summed E-state index contributed by atoms with van der Waals surface area (Å²) in [4.78, 5) is 35.9. The number of halogens is 2. The Kier molecular flexibility index (Phi) is 6.98. The zero-order valence-electron chi connectivity index (χ0n) is 20.7. The van der Waals surface area contributed by atoms with Gasteiger partial charge in [0.15, 0.2) is 17.4 Å². The third-order valence-corrected chi connectivity index (χ3v) is 7.25. The zero-order valence-corrected chi connectivity index (χ0v) is 20.7. The van der Waals surface area contributed by atoms with Crippen LogP contribution >= 0.6 is 0 Å². The normalized spacial score (nSPS) is 21.1. The maximum atomic E-state index is 14.8. The summed E-state index contributed by atoms with van der Waals surface area (Å²) in [5.74, 6) is -2.52. The average Bonchev–Trinajstić information content (AvgIpc) is 3.45. The van der Waals surface area contributed by atoms with Crippen LogP contribution in [0.3, 0.4) is 0 Å². The molecule has 0 radical (unpaired) electrons. The minimum Gasteiger partial charge on any atom is -0.487 e. The molecule has 198 valence electrons. The van der Waals surface area contributed by atoms with Crippen molar-refractivity contribution in [2.24, 2.45) is 5.92 Å². The molecule has 1 atom stereocenters. The van der Waals surface area contributed by atoms with E-state index in [0.29, 0.717) is 44.5 Å². The molecule has 0 unspecified atom stereocenters. The molecule has 5 rings (SSSR count). The van der Waals surface area contributed by atoms with Crippen LogP contribution in [0.4, 0.5) is 13.6 Å². The highest BCUT2D eigenvalue weighted by Crippen LogP contribution is 2.39. The first kappa shape index (κ1) is 25.3. The van der Waals surface area contributed by atoms with Crippen molar-refractivity contribution in [3.8, 4) is 16.9 Å². The molecule has 1 saturated carbocycles. The standard InChI is InChI=1S/C26H30F2N4O5/c1-26(5-6-26)37-25(35)31-7-2-16(3-8-31)15-36-22-20(27)10-17(11-21(22)28)18-12-29-23(30-13-18)24(34)32-9-4-19(33)14-32/h10-13,16,19,33H,2-9,14-15H2,1H3/t19-/m0/s1. The lowest BCUT2D eigenvalue weighted by Crippen LogP contribution is -2.41. The monoisotopic (exact) mass is 516 g/mol. The highest BCUT2D eigenvalue weighted by molar-refractivity contribution is 5.90. The first-order valence-corrected chi connectivity index (χ1v) is 12.6. The topological polar surface area (TPSA) is 105 Å². The maximum Gasteiger partial charge on any atom is 0.410 e. The summed E-state index contributed by atoms with van der Waals surface area (Å²) in [6.45, 7) is 3.75. The van der Waals surface area contributed by atoms with Crippen LogP contribution < -0.4 is 4.74 Å². The number of benzene rings is 1. The van der Waals surface area contributed by atoms with E-state index in [2.05, 4.69) is 9.97 Å². The van der Waals surface area contributed by atoms with E-state index in [4.69, 9.17) is 9.47 Å². The van der Waals surface area contributed by atoms with Gasteiger partial charge in [0.2, 0.25) is 5.82 Å². The molecule has 3 aliphatic rings. The van der Waals surface area contributed by atoms with Crippen LogP contribution in [-0.2, 0) is 4.74 Å². The molecule has 1 N–H and O–H groups in total. The molecule has 1 aliphatic carbocycles. The smallest absolute Gasteiger partial charge is 0.410 e. The number of aromatic nitrogens is 2. The molecule has 37 heavy (non-hydrogen) atoms. The zero-order chi connectivity index (χ0) is 26.2. The molecular weight excluding hydrogens is 486 g/mol. The lowest BCUT2D eigenvalue weighted by atomic mass is 9.98. The fourth-order valence-electron chi connectivity index (χ4n) is 4.56. The van der Waals surface area contributed by atoms with Gasteiger partial charge in [0.25, 0.3) is 5.91 Å². The van der Waals surface area contributed by atoms with Crippen molar-refractivity contribution in [2.75, 3.05) is 32.8 Å². The minimum atomic E-state index is -0.847. The Morgan fingerprint density at radius 3 is 2.22 bits per heavy atom. The number of hydrogen-bond acceptors (Lipinski definition) is 7. The van der Waals surface area contributed by atoms with Crippen LogP contribution in [0.2, 0.25) is 0 Å². The first-order chi connectivity index (χ1) is 17.7. The van der Waals surface area contributed by atoms with Gasteiger partial charge in [-0.2, -0.15) is 0 Å². The average molecular weight is 517 g/mol. The molecule has 9 nitrogen and oxygen atoms in total. The maximum absolute atomic E-state index is 14.8. The molecule has 2 aromatic rings. The second-order valence-corrected chi connectivity index (χ2v) is 10.3. The Morgan fingerprint density at radius 2 is 1.65 bits per heavy atom. The Hall–Kier alpha value is -3.34. The summed E-state index contributed by atoms with van der Waals surface area (Å²) >= 11 is 0. The molecule has 3 fully saturated rings. The molecule has 11 heteroatoms. The number of ether oxygens (including phenoxy) is 2. The number of amides is 2. The van der Waals surface area contributed by atoms with Crippen LogP contribution in [0.5, 0.6) is 5.75 Å². The molecule has 2 aliphatic heterocycles. The van der Waals surface area contributed by atoms with Crippen molar-refractivity contribution < 1.29 is 33.0 Å². The third kappa shape index (κ3) is 5.82. The van der Waals surface area contributed by atoms with Crippen molar-refractivity contribution >= 4 is 12.0 Å². The summed E-state index contributed by atoms with van der Waals surface area (Å²) in [6, 6.07) is 2.29. The van der Waals surface area contributed by atoms with Gasteiger partial charge >= 0.3 is 6.09 Å². The molecule has 3 heterocycles. The van der Waals surface area contributed by atoms with Crippen molar-refractivity contribution in [1.29, 1.82) is 0 Å². The fourth-order valence-corrected chi connectivity index (χ4v) is 4.56. The molecular formula is C26H30F2N4O5. The molecule has 2 amide bonds. The van der Waals surface area contributed by atoms with Crippen LogP contribution in [0.15, 0.2) is 24.5 Å². The molecule has 0 bridgehead atoms. The lowest BCUT2D eigenvalue weighted by molar-refractivity contribution is 0.0453. The van der Waals surface area contributed by atoms with Gasteiger partial charge in [-0.05, 0) is 62.6 Å². The van der Waals surface area contributed by atoms with Gasteiger partial charge in [0.05, 0.1) is 12.7 Å². The number of nitrogens with zero attached hydrogens (tertiary/aromatic N) is 4. The van der Waals surface area contributed by atoms with Gasteiger partial charge in [0, 0.05) is 44.1 Å². The SMILES string of the molecule is CC1(OC(=O)N2CCC(COc3c(F)cc(-c4cnc(C(=O)N5CC[C@H](O)C5)nc4)cc3F)CC2)CC1. The predicted molar refractivity (Wildman–Crippen MR) is 128 cm³/mol. The van der Waals surface area contributed by atoms with E-state index in [1.165, 1.54) is 17.3 Å². The highest BCUT2D eigenvalue weighted by atomic mass is 19.1. The largest absolute Gasteiger partial charge is 0.487 e. The molecule has 2 saturated heterocycles. The molecule has 1 aromatic carbocycles. The van der Waals surface area contributed by atoms with Gasteiger partial charge in [-0.3, -0.25) is 4.79 Å². The second-order valence-electron chi connectivity index (χ2n) is 10.3. The highest BCUT2D eigenvalue weighted by Gasteiger charge is 2.43. The first-order valence-electron chi connectivity index (χ1n) is 12.6. The Bertz CT molecular complexity index is 1140. The van der Waals surface area contributed by atoms with Crippen LogP contribution in [0.25, 0.3) is 11.1 Å². The van der Waals surface area contributed by atoms with Gasteiger partial charge in [-0.15, -0.1) is 0 Å². The summed E-state index contributed by atoms with van der Waals surface area (Å²) in [5, 5.41) is 9.61. The Morgan fingerprint density at radius 1 is 1.03 bits per heavy atom. The Labute approximate surface area is 213 Å². The lowest BCUT2D eigenvalue weighted by Gasteiger charge is -2.32. The number of rotatable bonds is 6. The molecule has 0 spiro atoms. The summed E-state index contributed by atoms with van der Waals surface area (Å²) in [7, 11) is 0. The fraction of sp³-hybridized carbons (Fsp3) is 0.538. The predicted octanol–water partition coefficient (Wildman–Crippen LogP) is 3.41. The van der Waals surface area contributed by atoms with Gasteiger partial charge in [-0.25, -0.2) is 23.5 Å². The summed E-state index contributed by atoms with van der Waals surface area (Å²) in [6.07, 6.45) is 5.42. The number of aliphatic hydroxyl groups excluding tert-OH is 1. The third-order valence-electron chi connectivity index (χ3n) is 7.25. The van der Waals surface area contributed by atoms with Gasteiger partial charge < -0.3 is 24.4 Å². The number of β-amino-alcohol motifs (C(OH)–C–C–N with tert-alkyl or cyclic N) is 1. The number of carbonyl (C=O) groups excluding carboxylic acids is 2. The van der Waals surface area contributed by atoms with Crippen LogP contribution in [0.1, 0.15) is 49.6 Å². The second kappa shape index (κ2) is 10.2. The number of carbonyl (C=O) groups is 2. The Balaban J connectivity index is 1.16. The van der Waals surface area contributed by atoms with E-state index in [9.17, 15) is 23.5 Å². The number of aliphatic hydroxyl groups is 1. The van der Waals surface area contributed by atoms with Gasteiger partial charge in [-0.1, -0.05) is 0 Å². The number of hydrogen-bond donors (Lipinski definition) is 1. The van der Waals surface area contributed by atoms with Gasteiger partial charge in [0.1, 0.15) is 5.60 Å². The number of piperidine rings is 1. The van der Waals surface area contributed by atoms with E-state index in [1.54, 1.807) is 4.90 Å². The van der Waals surface area contributed by atoms with Crippen LogP contribution in [0, 0.1) is 17.6 Å². The van der Waals surface area contributed by atoms with Crippen LogP contribution in [-0.4, -0.2) is 81.4 Å². The number of likely N-dealkylation sites (tertiary alicyclic amines) is 2. The minimum absolute atomic E-state index is 0.0419. The van der Waals surface area contributed by atoms with E-state index < -0.39 is 29.4 Å². The van der Waals surface area contributed by atoms with Crippen molar-refractivity contribution in [2.45, 2.75) is 50.7 Å². The summed E-state index contributed by atoms with van der Waals surface area (Å²) < 4.78 is 40.6. The summed E-state index contributed by atoms with van der Waals surface area (Å²) in [5.41, 5.74) is 0.248. The van der Waals surface area contributed by atoms with Crippen molar-refractivity contribution in [3.63, 3.8) is 0 Å². The van der Waals surface area contributed by atoms with E-state index in [-0.39, 0.29) is 42.2 Å².